The predicted molar refractivity (Wildman–Crippen MR) is 88.2 cm³/mol. The van der Waals surface area contributed by atoms with E-state index in [4.69, 9.17) is 9.84 Å². The van der Waals surface area contributed by atoms with E-state index in [0.717, 1.165) is 16.7 Å². The van der Waals surface area contributed by atoms with Crippen LogP contribution in [-0.4, -0.2) is 33.2 Å². The number of hydrogen-bond acceptors (Lipinski definition) is 4. The Labute approximate surface area is 139 Å². The molecular formula is C18H18N2O4. The highest BCUT2D eigenvalue weighted by Gasteiger charge is 2.35. The van der Waals surface area contributed by atoms with Crippen molar-refractivity contribution < 1.29 is 19.4 Å². The summed E-state index contributed by atoms with van der Waals surface area (Å²) in [5.41, 5.74) is 3.87. The minimum Gasteiger partial charge on any atom is -0.481 e. The van der Waals surface area contributed by atoms with Gasteiger partial charge in [0.05, 0.1) is 11.8 Å². The number of ketones is 1. The second-order valence-electron chi connectivity index (χ2n) is 5.95. The summed E-state index contributed by atoms with van der Waals surface area (Å²) in [6, 6.07) is 3.52. The van der Waals surface area contributed by atoms with Gasteiger partial charge < -0.3 is 9.84 Å². The van der Waals surface area contributed by atoms with Gasteiger partial charge >= 0.3 is 5.97 Å². The van der Waals surface area contributed by atoms with Crippen molar-refractivity contribution >= 4 is 17.8 Å². The number of allylic oxidation sites excluding steroid dienone is 1. The van der Waals surface area contributed by atoms with Crippen molar-refractivity contribution in [2.24, 2.45) is 7.05 Å². The Kier molecular flexibility index (Phi) is 3.97. The molecule has 1 aromatic heterocycles. The highest BCUT2D eigenvalue weighted by Crippen LogP contribution is 2.44. The number of benzene rings is 1. The first kappa shape index (κ1) is 16.0. The van der Waals surface area contributed by atoms with Crippen molar-refractivity contribution in [2.75, 3.05) is 6.61 Å². The minimum absolute atomic E-state index is 0.0823. The Hall–Kier alpha value is -2.89. The third-order valence-corrected chi connectivity index (χ3v) is 4.21. The molecule has 124 valence electrons. The second kappa shape index (κ2) is 5.96. The summed E-state index contributed by atoms with van der Waals surface area (Å²) in [6.07, 6.45) is 5.37. The Bertz CT molecular complexity index is 864. The van der Waals surface area contributed by atoms with Gasteiger partial charge in [0.15, 0.2) is 12.4 Å². The normalized spacial score (nSPS) is 18.0. The van der Waals surface area contributed by atoms with Crippen molar-refractivity contribution in [3.8, 4) is 5.75 Å². The van der Waals surface area contributed by atoms with Crippen LogP contribution in [0.4, 0.5) is 0 Å². The van der Waals surface area contributed by atoms with Gasteiger partial charge in [0.25, 0.3) is 0 Å². The number of carboxylic acid groups (broad SMARTS) is 1. The van der Waals surface area contributed by atoms with E-state index in [2.05, 4.69) is 5.10 Å². The molecule has 6 heteroatoms. The number of aryl methyl sites for hydroxylation is 2. The molecule has 0 aliphatic heterocycles. The van der Waals surface area contributed by atoms with E-state index in [1.54, 1.807) is 16.9 Å². The van der Waals surface area contributed by atoms with Gasteiger partial charge in [-0.3, -0.25) is 9.48 Å². The number of carbonyl (C=O) groups excluding carboxylic acids is 1. The van der Waals surface area contributed by atoms with Gasteiger partial charge in [0.1, 0.15) is 5.75 Å². The Morgan fingerprint density at radius 3 is 2.83 bits per heavy atom. The van der Waals surface area contributed by atoms with Crippen LogP contribution in [-0.2, 0) is 11.8 Å². The zero-order chi connectivity index (χ0) is 17.4. The molecular weight excluding hydrogens is 308 g/mol. The van der Waals surface area contributed by atoms with Gasteiger partial charge in [-0.05, 0) is 30.2 Å². The van der Waals surface area contributed by atoms with Gasteiger partial charge in [-0.15, -0.1) is 0 Å². The molecule has 24 heavy (non-hydrogen) atoms. The largest absolute Gasteiger partial charge is 0.481 e. The first-order valence-corrected chi connectivity index (χ1v) is 7.61. The van der Waals surface area contributed by atoms with Crippen molar-refractivity contribution in [3.05, 3.63) is 52.4 Å². The number of rotatable bonds is 4. The van der Waals surface area contributed by atoms with Gasteiger partial charge in [0, 0.05) is 30.3 Å². The van der Waals surface area contributed by atoms with Gasteiger partial charge in [-0.2, -0.15) is 5.10 Å². The van der Waals surface area contributed by atoms with Gasteiger partial charge in [-0.1, -0.05) is 13.0 Å². The maximum atomic E-state index is 12.9. The SMILES string of the molecule is Cc1ccc(OCC(=O)O)c2c1C(C)C(=Cc1cnn(C)c1)C2=O. The number of hydrogen-bond donors (Lipinski definition) is 1. The topological polar surface area (TPSA) is 81.4 Å². The van der Waals surface area contributed by atoms with Crippen LogP contribution < -0.4 is 4.74 Å². The Balaban J connectivity index is 2.05. The van der Waals surface area contributed by atoms with Crippen LogP contribution in [0.2, 0.25) is 0 Å². The Morgan fingerprint density at radius 2 is 2.21 bits per heavy atom. The molecule has 0 bridgehead atoms. The molecule has 3 rings (SSSR count). The lowest BCUT2D eigenvalue weighted by molar-refractivity contribution is -0.139. The summed E-state index contributed by atoms with van der Waals surface area (Å²) in [5, 5.41) is 12.9. The van der Waals surface area contributed by atoms with Crippen LogP contribution in [0.3, 0.4) is 0 Å². The van der Waals surface area contributed by atoms with Crippen LogP contribution in [0.1, 0.15) is 39.9 Å². The molecule has 0 saturated heterocycles. The standard InChI is InChI=1S/C18H18N2O4/c1-10-4-5-14(24-9-15(21)22)17-16(10)11(2)13(18(17)23)6-12-7-19-20(3)8-12/h4-8,11H,9H2,1-3H3,(H,21,22). The molecule has 6 nitrogen and oxygen atoms in total. The van der Waals surface area contributed by atoms with E-state index in [-0.39, 0.29) is 11.7 Å². The second-order valence-corrected chi connectivity index (χ2v) is 5.95. The number of aliphatic carboxylic acids is 1. The molecule has 1 aromatic carbocycles. The summed E-state index contributed by atoms with van der Waals surface area (Å²) in [7, 11) is 1.82. The van der Waals surface area contributed by atoms with Crippen molar-refractivity contribution in [2.45, 2.75) is 19.8 Å². The summed E-state index contributed by atoms with van der Waals surface area (Å²) in [4.78, 5) is 23.7. The smallest absolute Gasteiger partial charge is 0.341 e. The molecule has 1 unspecified atom stereocenters. The molecule has 0 spiro atoms. The molecule has 1 atom stereocenters. The summed E-state index contributed by atoms with van der Waals surface area (Å²) in [5.74, 6) is -0.954. The first-order valence-electron chi connectivity index (χ1n) is 7.61. The van der Waals surface area contributed by atoms with Crippen LogP contribution >= 0.6 is 0 Å². The number of aromatic nitrogens is 2. The average Bonchev–Trinajstić information content (AvgIpc) is 3.04. The number of fused-ring (bicyclic) bond motifs is 1. The fourth-order valence-electron chi connectivity index (χ4n) is 3.14. The van der Waals surface area contributed by atoms with Crippen molar-refractivity contribution in [1.29, 1.82) is 0 Å². The number of carbonyl (C=O) groups is 2. The molecule has 1 N–H and O–H groups in total. The molecule has 0 amide bonds. The molecule has 1 aliphatic carbocycles. The molecule has 0 fully saturated rings. The van der Waals surface area contributed by atoms with Gasteiger partial charge in [0.2, 0.25) is 0 Å². The highest BCUT2D eigenvalue weighted by molar-refractivity contribution is 6.18. The minimum atomic E-state index is -1.08. The fraction of sp³-hybridized carbons (Fsp3) is 0.278. The lowest BCUT2D eigenvalue weighted by Gasteiger charge is -2.12. The number of ether oxygens (including phenoxy) is 1. The highest BCUT2D eigenvalue weighted by atomic mass is 16.5. The maximum Gasteiger partial charge on any atom is 0.341 e. The van der Waals surface area contributed by atoms with Crippen LogP contribution in [0.25, 0.3) is 6.08 Å². The molecule has 0 radical (unpaired) electrons. The van der Waals surface area contributed by atoms with E-state index in [0.29, 0.717) is 16.9 Å². The number of nitrogens with zero attached hydrogens (tertiary/aromatic N) is 2. The van der Waals surface area contributed by atoms with E-state index in [9.17, 15) is 9.59 Å². The van der Waals surface area contributed by atoms with Crippen molar-refractivity contribution in [3.63, 3.8) is 0 Å². The maximum absolute atomic E-state index is 12.9. The Morgan fingerprint density at radius 1 is 1.46 bits per heavy atom. The van der Waals surface area contributed by atoms with Crippen LogP contribution in [0.5, 0.6) is 5.75 Å². The van der Waals surface area contributed by atoms with Crippen LogP contribution in [0, 0.1) is 6.92 Å². The van der Waals surface area contributed by atoms with E-state index in [1.165, 1.54) is 0 Å². The summed E-state index contributed by atoms with van der Waals surface area (Å²) >= 11 is 0. The van der Waals surface area contributed by atoms with E-state index in [1.807, 2.05) is 39.2 Å². The predicted octanol–water partition coefficient (Wildman–Crippen LogP) is 2.58. The fourth-order valence-corrected chi connectivity index (χ4v) is 3.14. The number of Topliss-reactive ketones (excluding diaryl/α,β-unsaturated/α-hetero) is 1. The summed E-state index contributed by atoms with van der Waals surface area (Å²) < 4.78 is 7.00. The molecule has 1 aliphatic rings. The zero-order valence-corrected chi connectivity index (χ0v) is 13.7. The average molecular weight is 326 g/mol. The third-order valence-electron chi connectivity index (χ3n) is 4.21. The molecule has 1 heterocycles. The molecule has 0 saturated carbocycles. The van der Waals surface area contributed by atoms with Gasteiger partial charge in [-0.25, -0.2) is 4.79 Å². The van der Waals surface area contributed by atoms with Crippen molar-refractivity contribution in [1.82, 2.24) is 9.78 Å². The van der Waals surface area contributed by atoms with E-state index < -0.39 is 12.6 Å². The first-order chi connectivity index (χ1) is 11.4. The third kappa shape index (κ3) is 2.71. The quantitative estimate of drug-likeness (QED) is 0.873. The monoisotopic (exact) mass is 326 g/mol. The molecule has 2 aromatic rings. The van der Waals surface area contributed by atoms with Crippen LogP contribution in [0.15, 0.2) is 30.1 Å². The lowest BCUT2D eigenvalue weighted by Crippen LogP contribution is -2.11. The lowest BCUT2D eigenvalue weighted by atomic mass is 9.95. The summed E-state index contributed by atoms with van der Waals surface area (Å²) in [6.45, 7) is 3.44. The number of carboxylic acids is 1. The van der Waals surface area contributed by atoms with E-state index >= 15 is 0 Å². The zero-order valence-electron chi connectivity index (χ0n) is 13.7.